The smallest absolute Gasteiger partial charge is 0.251 e. The maximum atomic E-state index is 13.1. The second kappa shape index (κ2) is 10.4. The van der Waals surface area contributed by atoms with Gasteiger partial charge in [-0.1, -0.05) is 89.9 Å². The molecule has 0 spiro atoms. The topological polar surface area (TPSA) is 47.6 Å². The van der Waals surface area contributed by atoms with Gasteiger partial charge in [0.2, 0.25) is 6.79 Å². The molecule has 176 valence electrons. The van der Waals surface area contributed by atoms with E-state index in [1.165, 1.54) is 0 Å². The van der Waals surface area contributed by atoms with E-state index in [9.17, 15) is 4.79 Å². The molecule has 0 saturated heterocycles. The molecule has 1 aliphatic rings. The van der Waals surface area contributed by atoms with Crippen molar-refractivity contribution < 1.29 is 14.3 Å². The average Bonchev–Trinajstić information content (AvgIpc) is 3.37. The van der Waals surface area contributed by atoms with E-state index in [0.29, 0.717) is 27.9 Å². The first-order valence-corrected chi connectivity index (χ1v) is 12.1. The lowest BCUT2D eigenvalue weighted by Gasteiger charge is -2.29. The van der Waals surface area contributed by atoms with Crippen LogP contribution in [-0.2, 0) is 0 Å². The Morgan fingerprint density at radius 2 is 1.40 bits per heavy atom. The van der Waals surface area contributed by atoms with Crippen LogP contribution in [0.2, 0.25) is 10.0 Å². The third-order valence-corrected chi connectivity index (χ3v) is 6.95. The molecule has 0 fully saturated rings. The molecule has 5 rings (SSSR count). The van der Waals surface area contributed by atoms with E-state index in [1.54, 1.807) is 18.2 Å². The van der Waals surface area contributed by atoms with Crippen molar-refractivity contribution in [1.29, 1.82) is 0 Å². The summed E-state index contributed by atoms with van der Waals surface area (Å²) in [6.07, 6.45) is 0. The van der Waals surface area contributed by atoms with Crippen LogP contribution in [0.1, 0.15) is 38.9 Å². The Morgan fingerprint density at radius 1 is 0.743 bits per heavy atom. The van der Waals surface area contributed by atoms with E-state index < -0.39 is 0 Å². The zero-order valence-corrected chi connectivity index (χ0v) is 20.3. The fourth-order valence-electron chi connectivity index (χ4n) is 4.49. The summed E-state index contributed by atoms with van der Waals surface area (Å²) in [7, 11) is 0. The Hall–Kier alpha value is -3.47. The predicted molar refractivity (Wildman–Crippen MR) is 139 cm³/mol. The molecule has 1 N–H and O–H groups in total. The standard InChI is InChI=1S/C29H23Cl2NO3/c30-24-13-11-22(15-25(24)31)29(33)32-17-23(21-12-14-26-27(16-21)35-18-34-26)28(19-7-3-1-4-8-19)20-9-5-2-6-10-20/h1-16,23,28H,17-18H2,(H,32,33). The molecule has 6 heteroatoms. The lowest BCUT2D eigenvalue weighted by Crippen LogP contribution is -2.31. The van der Waals surface area contributed by atoms with Gasteiger partial charge in [0, 0.05) is 23.9 Å². The van der Waals surface area contributed by atoms with Gasteiger partial charge in [-0.25, -0.2) is 0 Å². The Balaban J connectivity index is 1.53. The number of nitrogens with one attached hydrogen (secondary N) is 1. The van der Waals surface area contributed by atoms with Gasteiger partial charge in [0.1, 0.15) is 0 Å². The molecule has 4 aromatic carbocycles. The number of amides is 1. The van der Waals surface area contributed by atoms with Crippen molar-refractivity contribution in [3.63, 3.8) is 0 Å². The molecule has 0 radical (unpaired) electrons. The van der Waals surface area contributed by atoms with Gasteiger partial charge in [-0.15, -0.1) is 0 Å². The summed E-state index contributed by atoms with van der Waals surface area (Å²) in [5.41, 5.74) is 3.82. The van der Waals surface area contributed by atoms with Crippen molar-refractivity contribution in [3.8, 4) is 11.5 Å². The van der Waals surface area contributed by atoms with E-state index in [-0.39, 0.29) is 24.5 Å². The van der Waals surface area contributed by atoms with Gasteiger partial charge >= 0.3 is 0 Å². The quantitative estimate of drug-likeness (QED) is 0.293. The highest BCUT2D eigenvalue weighted by Crippen LogP contribution is 2.42. The van der Waals surface area contributed by atoms with E-state index in [4.69, 9.17) is 32.7 Å². The van der Waals surface area contributed by atoms with Crippen molar-refractivity contribution in [1.82, 2.24) is 5.32 Å². The minimum atomic E-state index is -0.214. The maximum absolute atomic E-state index is 13.1. The first-order chi connectivity index (χ1) is 17.1. The van der Waals surface area contributed by atoms with Crippen molar-refractivity contribution >= 4 is 29.1 Å². The summed E-state index contributed by atoms with van der Waals surface area (Å²) in [5, 5.41) is 3.88. The number of fused-ring (bicyclic) bond motifs is 1. The molecule has 1 amide bonds. The number of benzene rings is 4. The average molecular weight is 504 g/mol. The van der Waals surface area contributed by atoms with Gasteiger partial charge in [-0.05, 0) is 47.0 Å². The first-order valence-electron chi connectivity index (χ1n) is 11.3. The van der Waals surface area contributed by atoms with Gasteiger partial charge in [0.05, 0.1) is 10.0 Å². The monoisotopic (exact) mass is 503 g/mol. The Labute approximate surface area is 214 Å². The predicted octanol–water partition coefficient (Wildman–Crippen LogP) is 7.07. The minimum absolute atomic E-state index is 0.00752. The van der Waals surface area contributed by atoms with Crippen LogP contribution in [0.15, 0.2) is 97.1 Å². The van der Waals surface area contributed by atoms with E-state index in [0.717, 1.165) is 22.4 Å². The summed E-state index contributed by atoms with van der Waals surface area (Å²) < 4.78 is 11.2. The molecule has 1 atom stereocenters. The zero-order chi connectivity index (χ0) is 24.2. The zero-order valence-electron chi connectivity index (χ0n) is 18.8. The van der Waals surface area contributed by atoms with Crippen molar-refractivity contribution in [2.45, 2.75) is 11.8 Å². The highest BCUT2D eigenvalue weighted by atomic mass is 35.5. The largest absolute Gasteiger partial charge is 0.454 e. The summed E-state index contributed by atoms with van der Waals surface area (Å²) in [6, 6.07) is 31.5. The second-order valence-electron chi connectivity index (χ2n) is 8.36. The molecule has 0 bridgehead atoms. The lowest BCUT2D eigenvalue weighted by atomic mass is 9.77. The lowest BCUT2D eigenvalue weighted by molar-refractivity contribution is 0.0950. The number of rotatable bonds is 7. The number of hydrogen-bond acceptors (Lipinski definition) is 3. The second-order valence-corrected chi connectivity index (χ2v) is 9.17. The molecule has 1 aliphatic heterocycles. The van der Waals surface area contributed by atoms with Crippen molar-refractivity contribution in [2.24, 2.45) is 0 Å². The normalized spacial score (nSPS) is 13.0. The fourth-order valence-corrected chi connectivity index (χ4v) is 4.79. The van der Waals surface area contributed by atoms with E-state index in [2.05, 4.69) is 29.6 Å². The fraction of sp³-hybridized carbons (Fsp3) is 0.138. The van der Waals surface area contributed by atoms with Gasteiger partial charge in [0.25, 0.3) is 5.91 Å². The van der Waals surface area contributed by atoms with Crippen LogP contribution in [0, 0.1) is 0 Å². The minimum Gasteiger partial charge on any atom is -0.454 e. The number of hydrogen-bond donors (Lipinski definition) is 1. The highest BCUT2D eigenvalue weighted by molar-refractivity contribution is 6.42. The number of carbonyl (C=O) groups is 1. The molecular formula is C29H23Cl2NO3. The molecule has 4 nitrogen and oxygen atoms in total. The third-order valence-electron chi connectivity index (χ3n) is 6.21. The van der Waals surface area contributed by atoms with Gasteiger partial charge < -0.3 is 14.8 Å². The molecule has 0 saturated carbocycles. The Morgan fingerprint density at radius 3 is 2.06 bits per heavy atom. The van der Waals surface area contributed by atoms with Gasteiger partial charge in [-0.3, -0.25) is 4.79 Å². The highest BCUT2D eigenvalue weighted by Gasteiger charge is 2.29. The molecule has 35 heavy (non-hydrogen) atoms. The van der Waals surface area contributed by atoms with Crippen LogP contribution in [0.3, 0.4) is 0 Å². The SMILES string of the molecule is O=C(NCC(c1ccc2c(c1)OCO2)C(c1ccccc1)c1ccccc1)c1ccc(Cl)c(Cl)c1. The number of carbonyl (C=O) groups excluding carboxylic acids is 1. The molecule has 0 aliphatic carbocycles. The molecule has 4 aromatic rings. The van der Waals surface area contributed by atoms with Crippen LogP contribution < -0.4 is 14.8 Å². The summed E-state index contributed by atoms with van der Waals surface area (Å²) in [5.74, 6) is 1.13. The molecular weight excluding hydrogens is 481 g/mol. The Bertz CT molecular complexity index is 1290. The summed E-state index contributed by atoms with van der Waals surface area (Å²) in [6.45, 7) is 0.603. The van der Waals surface area contributed by atoms with Crippen LogP contribution in [0.25, 0.3) is 0 Å². The number of ether oxygens (including phenoxy) is 2. The first kappa shape index (κ1) is 23.3. The van der Waals surface area contributed by atoms with Crippen molar-refractivity contribution in [2.75, 3.05) is 13.3 Å². The van der Waals surface area contributed by atoms with Gasteiger partial charge in [0.15, 0.2) is 11.5 Å². The Kier molecular flexibility index (Phi) is 6.94. The van der Waals surface area contributed by atoms with Crippen LogP contribution in [0.4, 0.5) is 0 Å². The van der Waals surface area contributed by atoms with Gasteiger partial charge in [-0.2, -0.15) is 0 Å². The summed E-state index contributed by atoms with van der Waals surface area (Å²) in [4.78, 5) is 13.1. The number of halogens is 2. The molecule has 1 heterocycles. The van der Waals surface area contributed by atoms with E-state index in [1.807, 2.05) is 54.6 Å². The third kappa shape index (κ3) is 5.14. The molecule has 0 aromatic heterocycles. The van der Waals surface area contributed by atoms with Crippen LogP contribution in [-0.4, -0.2) is 19.2 Å². The van der Waals surface area contributed by atoms with Crippen LogP contribution >= 0.6 is 23.2 Å². The summed E-state index contributed by atoms with van der Waals surface area (Å²) >= 11 is 12.2. The van der Waals surface area contributed by atoms with Crippen molar-refractivity contribution in [3.05, 3.63) is 129 Å². The molecule has 1 unspecified atom stereocenters. The van der Waals surface area contributed by atoms with E-state index >= 15 is 0 Å². The van der Waals surface area contributed by atoms with Crippen LogP contribution in [0.5, 0.6) is 11.5 Å². The maximum Gasteiger partial charge on any atom is 0.251 e.